The molecule has 1 aliphatic carbocycles. The number of carbonyl (C=O) groups excluding carboxylic acids is 1. The average molecular weight is 280 g/mol. The Kier molecular flexibility index (Phi) is 4.37. The van der Waals surface area contributed by atoms with Crippen LogP contribution in [0.5, 0.6) is 5.75 Å². The molecule has 0 radical (unpaired) electrons. The predicted octanol–water partition coefficient (Wildman–Crippen LogP) is 1.27. The molecule has 1 saturated carbocycles. The Hall–Kier alpha value is -1.20. The quantitative estimate of drug-likeness (QED) is 0.733. The van der Waals surface area contributed by atoms with Crippen LogP contribution in [0.15, 0.2) is 24.3 Å². The number of nitrogens with two attached hydrogens (primary N) is 1. The van der Waals surface area contributed by atoms with Crippen molar-refractivity contribution in [2.45, 2.75) is 30.1 Å². The van der Waals surface area contributed by atoms with E-state index >= 15 is 0 Å². The monoisotopic (exact) mass is 280 g/mol. The van der Waals surface area contributed by atoms with Gasteiger partial charge >= 0.3 is 0 Å². The fourth-order valence-corrected chi connectivity index (χ4v) is 2.68. The summed E-state index contributed by atoms with van der Waals surface area (Å²) in [6.07, 6.45) is 4.90. The Morgan fingerprint density at radius 3 is 2.63 bits per heavy atom. The minimum absolute atomic E-state index is 0.103. The molecule has 1 aromatic rings. The molecule has 2 rings (SSSR count). The highest BCUT2D eigenvalue weighted by atomic mass is 32.2. The topological polar surface area (TPSA) is 75.4 Å². The second-order valence-electron chi connectivity index (χ2n) is 5.08. The Morgan fingerprint density at radius 1 is 1.47 bits per heavy atom. The van der Waals surface area contributed by atoms with Crippen molar-refractivity contribution in [2.75, 3.05) is 12.8 Å². The first-order valence-corrected chi connectivity index (χ1v) is 7.63. The van der Waals surface area contributed by atoms with Crippen molar-refractivity contribution in [1.29, 1.82) is 0 Å². The van der Waals surface area contributed by atoms with Gasteiger partial charge in [-0.05, 0) is 43.2 Å². The number of aromatic hydroxyl groups is 1. The molecule has 4 nitrogen and oxygen atoms in total. The standard InChI is InChI=1S/C14H20N2O2S/c1-19-14(6-7-14)9-16-13(18)12(15)8-10-2-4-11(17)5-3-10/h2-5,12,17H,6-9,15H2,1H3,(H,16,18)/t12-/m1/s1. The molecule has 4 N–H and O–H groups in total. The SMILES string of the molecule is CSC1(CNC(=O)[C@H](N)Cc2ccc(O)cc2)CC1. The fraction of sp³-hybridized carbons (Fsp3) is 0.500. The van der Waals surface area contributed by atoms with Crippen LogP contribution in [0, 0.1) is 0 Å². The Bertz CT molecular complexity index is 443. The lowest BCUT2D eigenvalue weighted by atomic mass is 10.1. The number of nitrogens with one attached hydrogen (secondary N) is 1. The first-order valence-electron chi connectivity index (χ1n) is 6.41. The van der Waals surface area contributed by atoms with E-state index in [0.29, 0.717) is 13.0 Å². The maximum Gasteiger partial charge on any atom is 0.237 e. The minimum atomic E-state index is -0.540. The Balaban J connectivity index is 1.80. The molecule has 0 bridgehead atoms. The number of carbonyl (C=O) groups is 1. The molecule has 104 valence electrons. The van der Waals surface area contributed by atoms with E-state index in [1.165, 1.54) is 12.8 Å². The second-order valence-corrected chi connectivity index (χ2v) is 6.36. The number of thioether (sulfide) groups is 1. The molecule has 0 aromatic heterocycles. The summed E-state index contributed by atoms with van der Waals surface area (Å²) in [7, 11) is 0. The highest BCUT2D eigenvalue weighted by molar-refractivity contribution is 8.00. The largest absolute Gasteiger partial charge is 0.508 e. The third-order valence-electron chi connectivity index (χ3n) is 3.55. The lowest BCUT2D eigenvalue weighted by molar-refractivity contribution is -0.122. The maximum atomic E-state index is 11.9. The second kappa shape index (κ2) is 5.84. The van der Waals surface area contributed by atoms with Gasteiger partial charge in [-0.25, -0.2) is 0 Å². The number of benzene rings is 1. The summed E-state index contributed by atoms with van der Waals surface area (Å²) in [4.78, 5) is 11.9. The molecule has 1 aromatic carbocycles. The zero-order valence-corrected chi connectivity index (χ0v) is 11.9. The number of amides is 1. The number of rotatable bonds is 6. The Morgan fingerprint density at radius 2 is 2.11 bits per heavy atom. The van der Waals surface area contributed by atoms with Crippen molar-refractivity contribution in [3.8, 4) is 5.75 Å². The summed E-state index contributed by atoms with van der Waals surface area (Å²) in [6.45, 7) is 0.705. The summed E-state index contributed by atoms with van der Waals surface area (Å²) in [6, 6.07) is 6.24. The summed E-state index contributed by atoms with van der Waals surface area (Å²) >= 11 is 1.81. The van der Waals surface area contributed by atoms with Crippen LogP contribution in [0.3, 0.4) is 0 Å². The van der Waals surface area contributed by atoms with Gasteiger partial charge in [0.1, 0.15) is 5.75 Å². The molecule has 19 heavy (non-hydrogen) atoms. The summed E-state index contributed by atoms with van der Waals surface area (Å²) < 4.78 is 0.258. The van der Waals surface area contributed by atoms with E-state index in [1.807, 2.05) is 11.8 Å². The van der Waals surface area contributed by atoms with Gasteiger partial charge in [-0.1, -0.05) is 12.1 Å². The number of hydrogen-bond donors (Lipinski definition) is 3. The van der Waals surface area contributed by atoms with Crippen LogP contribution in [0.1, 0.15) is 18.4 Å². The van der Waals surface area contributed by atoms with Crippen molar-refractivity contribution < 1.29 is 9.90 Å². The van der Waals surface area contributed by atoms with Crippen LogP contribution in [-0.2, 0) is 11.2 Å². The summed E-state index contributed by atoms with van der Waals surface area (Å²) in [5.74, 6) is 0.116. The highest BCUT2D eigenvalue weighted by Crippen LogP contribution is 2.46. The van der Waals surface area contributed by atoms with Crippen LogP contribution in [0.25, 0.3) is 0 Å². The lowest BCUT2D eigenvalue weighted by Gasteiger charge is -2.16. The molecular weight excluding hydrogens is 260 g/mol. The van der Waals surface area contributed by atoms with E-state index in [2.05, 4.69) is 11.6 Å². The van der Waals surface area contributed by atoms with E-state index in [4.69, 9.17) is 5.73 Å². The molecule has 1 atom stereocenters. The molecule has 0 heterocycles. The molecule has 5 heteroatoms. The number of phenolic OH excluding ortho intramolecular Hbond substituents is 1. The van der Waals surface area contributed by atoms with Crippen molar-refractivity contribution in [1.82, 2.24) is 5.32 Å². The molecule has 0 unspecified atom stereocenters. The van der Waals surface area contributed by atoms with Crippen molar-refractivity contribution >= 4 is 17.7 Å². The van der Waals surface area contributed by atoms with E-state index in [1.54, 1.807) is 24.3 Å². The van der Waals surface area contributed by atoms with Gasteiger partial charge in [0.05, 0.1) is 6.04 Å². The first-order chi connectivity index (χ1) is 9.04. The zero-order valence-electron chi connectivity index (χ0n) is 11.1. The van der Waals surface area contributed by atoms with Crippen LogP contribution >= 0.6 is 11.8 Å². The first kappa shape index (κ1) is 14.2. The molecule has 1 amide bonds. The zero-order chi connectivity index (χ0) is 13.9. The van der Waals surface area contributed by atoms with Gasteiger partial charge in [-0.3, -0.25) is 4.79 Å². The Labute approximate surface area is 117 Å². The maximum absolute atomic E-state index is 11.9. The van der Waals surface area contributed by atoms with Gasteiger partial charge in [0.15, 0.2) is 0 Å². The fourth-order valence-electron chi connectivity index (χ4n) is 1.95. The van der Waals surface area contributed by atoms with Crippen LogP contribution in [-0.4, -0.2) is 34.6 Å². The van der Waals surface area contributed by atoms with Gasteiger partial charge < -0.3 is 16.2 Å². The van der Waals surface area contributed by atoms with E-state index in [-0.39, 0.29) is 16.4 Å². The molecule has 1 aliphatic rings. The smallest absolute Gasteiger partial charge is 0.237 e. The molecular formula is C14H20N2O2S. The van der Waals surface area contributed by atoms with Crippen LogP contribution in [0.2, 0.25) is 0 Å². The van der Waals surface area contributed by atoms with Gasteiger partial charge in [-0.2, -0.15) is 11.8 Å². The lowest BCUT2D eigenvalue weighted by Crippen LogP contribution is -2.44. The number of phenols is 1. The van der Waals surface area contributed by atoms with Gasteiger partial charge in [-0.15, -0.1) is 0 Å². The third kappa shape index (κ3) is 3.88. The van der Waals surface area contributed by atoms with Gasteiger partial charge in [0, 0.05) is 11.3 Å². The number of hydrogen-bond acceptors (Lipinski definition) is 4. The normalized spacial score (nSPS) is 17.8. The molecule has 0 saturated heterocycles. The summed E-state index contributed by atoms with van der Waals surface area (Å²) in [5, 5.41) is 12.1. The van der Waals surface area contributed by atoms with Crippen LogP contribution < -0.4 is 11.1 Å². The minimum Gasteiger partial charge on any atom is -0.508 e. The van der Waals surface area contributed by atoms with E-state index in [9.17, 15) is 9.90 Å². The van der Waals surface area contributed by atoms with E-state index in [0.717, 1.165) is 5.56 Å². The highest BCUT2D eigenvalue weighted by Gasteiger charge is 2.42. The van der Waals surface area contributed by atoms with Gasteiger partial charge in [0.25, 0.3) is 0 Å². The average Bonchev–Trinajstić information content (AvgIpc) is 3.19. The van der Waals surface area contributed by atoms with Gasteiger partial charge in [0.2, 0.25) is 5.91 Å². The molecule has 0 aliphatic heterocycles. The summed E-state index contributed by atoms with van der Waals surface area (Å²) in [5.41, 5.74) is 6.85. The predicted molar refractivity (Wildman–Crippen MR) is 78.3 cm³/mol. The van der Waals surface area contributed by atoms with Crippen LogP contribution in [0.4, 0.5) is 0 Å². The van der Waals surface area contributed by atoms with Crippen molar-refractivity contribution in [3.05, 3.63) is 29.8 Å². The van der Waals surface area contributed by atoms with E-state index < -0.39 is 6.04 Å². The molecule has 1 fully saturated rings. The third-order valence-corrected chi connectivity index (χ3v) is 4.97. The van der Waals surface area contributed by atoms with Crippen molar-refractivity contribution in [2.24, 2.45) is 5.73 Å². The molecule has 0 spiro atoms. The van der Waals surface area contributed by atoms with Crippen molar-refractivity contribution in [3.63, 3.8) is 0 Å².